The highest BCUT2D eigenvalue weighted by Crippen LogP contribution is 1.90. The Morgan fingerprint density at radius 1 is 1.67 bits per heavy atom. The third kappa shape index (κ3) is 2.92. The van der Waals surface area contributed by atoms with Crippen molar-refractivity contribution in [2.45, 2.75) is 6.42 Å². The lowest BCUT2D eigenvalue weighted by molar-refractivity contribution is 0.739. The minimum Gasteiger partial charge on any atom is -0.373 e. The zero-order valence-corrected chi connectivity index (χ0v) is 6.63. The van der Waals surface area contributed by atoms with Gasteiger partial charge in [-0.3, -0.25) is 4.99 Å². The molecule has 0 aromatic carbocycles. The van der Waals surface area contributed by atoms with Gasteiger partial charge in [-0.05, 0) is 6.42 Å². The molecule has 0 amide bonds. The summed E-state index contributed by atoms with van der Waals surface area (Å²) in [5.74, 6) is 1.47. The first-order valence-electron chi connectivity index (χ1n) is 2.76. The molecule has 0 aromatic rings. The summed E-state index contributed by atoms with van der Waals surface area (Å²) in [4.78, 5) is 4.12. The van der Waals surface area contributed by atoms with Crippen LogP contribution in [0.3, 0.4) is 0 Å². The van der Waals surface area contributed by atoms with Gasteiger partial charge in [0.1, 0.15) is 5.84 Å². The molecule has 0 radical (unpaired) electrons. The van der Waals surface area contributed by atoms with Gasteiger partial charge < -0.3 is 5.32 Å². The van der Waals surface area contributed by atoms with Crippen LogP contribution in [0, 0.1) is 0 Å². The molecular weight excluding hydrogens is 159 g/mol. The highest BCUT2D eigenvalue weighted by atomic mass is 35.5. The third-order valence-electron chi connectivity index (χ3n) is 1.09. The zero-order chi connectivity index (χ0) is 5.82. The van der Waals surface area contributed by atoms with Crippen molar-refractivity contribution in [3.63, 3.8) is 0 Å². The molecule has 1 rings (SSSR count). The summed E-state index contributed by atoms with van der Waals surface area (Å²) >= 11 is 5.49. The van der Waals surface area contributed by atoms with E-state index < -0.39 is 0 Å². The quantitative estimate of drug-likeness (QED) is 0.582. The predicted molar refractivity (Wildman–Crippen MR) is 42.9 cm³/mol. The molecule has 0 unspecified atom stereocenters. The number of hydrogen-bond donors (Lipinski definition) is 1. The van der Waals surface area contributed by atoms with Crippen molar-refractivity contribution in [3.8, 4) is 0 Å². The Bertz CT molecular complexity index is 103. The van der Waals surface area contributed by atoms with Crippen molar-refractivity contribution < 1.29 is 0 Å². The molecule has 9 heavy (non-hydrogen) atoms. The first-order chi connectivity index (χ1) is 3.93. The summed E-state index contributed by atoms with van der Waals surface area (Å²) in [7, 11) is 0. The van der Waals surface area contributed by atoms with Crippen molar-refractivity contribution in [1.82, 2.24) is 5.32 Å². The molecule has 1 aliphatic rings. The maximum atomic E-state index is 5.49. The molecule has 1 aliphatic heterocycles. The molecule has 2 nitrogen and oxygen atoms in total. The van der Waals surface area contributed by atoms with Crippen LogP contribution in [-0.2, 0) is 0 Å². The Hall–Kier alpha value is 0.0500. The first kappa shape index (κ1) is 9.05. The van der Waals surface area contributed by atoms with E-state index in [1.807, 2.05) is 0 Å². The molecule has 0 bridgehead atoms. The van der Waals surface area contributed by atoms with Crippen LogP contribution >= 0.6 is 24.0 Å². The number of rotatable bonds is 1. The molecule has 1 N–H and O–H groups in total. The zero-order valence-electron chi connectivity index (χ0n) is 5.06. The van der Waals surface area contributed by atoms with Gasteiger partial charge in [-0.2, -0.15) is 0 Å². The summed E-state index contributed by atoms with van der Waals surface area (Å²) in [5, 5.41) is 3.09. The molecule has 0 atom stereocenters. The maximum Gasteiger partial charge on any atom is 0.111 e. The average molecular weight is 169 g/mol. The number of nitrogens with one attached hydrogen (secondary N) is 1. The maximum absolute atomic E-state index is 5.49. The lowest BCUT2D eigenvalue weighted by atomic mass is 10.4. The van der Waals surface area contributed by atoms with Crippen molar-refractivity contribution in [2.24, 2.45) is 4.99 Å². The number of alkyl halides is 1. The van der Waals surface area contributed by atoms with E-state index >= 15 is 0 Å². The highest BCUT2D eigenvalue weighted by molar-refractivity contribution is 6.28. The average Bonchev–Trinajstić information content (AvgIpc) is 1.90. The fourth-order valence-corrected chi connectivity index (χ4v) is 0.850. The Morgan fingerprint density at radius 2 is 2.44 bits per heavy atom. The van der Waals surface area contributed by atoms with E-state index in [-0.39, 0.29) is 12.4 Å². The fraction of sp³-hybridized carbons (Fsp3) is 0.800. The predicted octanol–water partition coefficient (Wildman–Crippen LogP) is 1.04. The number of amidine groups is 1. The van der Waals surface area contributed by atoms with E-state index in [4.69, 9.17) is 11.6 Å². The fourth-order valence-electron chi connectivity index (χ4n) is 0.671. The van der Waals surface area contributed by atoms with Crippen LogP contribution in [-0.4, -0.2) is 24.8 Å². The van der Waals surface area contributed by atoms with Crippen molar-refractivity contribution in [3.05, 3.63) is 0 Å². The van der Waals surface area contributed by atoms with Gasteiger partial charge in [-0.1, -0.05) is 0 Å². The van der Waals surface area contributed by atoms with Crippen LogP contribution in [0.2, 0.25) is 0 Å². The monoisotopic (exact) mass is 168 g/mol. The molecular formula is C5H10Cl2N2. The Balaban J connectivity index is 0.000000640. The highest BCUT2D eigenvalue weighted by Gasteiger charge is 1.99. The summed E-state index contributed by atoms with van der Waals surface area (Å²) in [6.07, 6.45) is 1.14. The van der Waals surface area contributed by atoms with E-state index in [1.165, 1.54) is 0 Å². The molecule has 4 heteroatoms. The van der Waals surface area contributed by atoms with Crippen LogP contribution < -0.4 is 5.32 Å². The first-order valence-corrected chi connectivity index (χ1v) is 3.30. The topological polar surface area (TPSA) is 24.4 Å². The summed E-state index contributed by atoms with van der Waals surface area (Å²) in [6, 6.07) is 0. The number of halogens is 2. The minimum atomic E-state index is 0. The number of nitrogens with zero attached hydrogens (tertiary/aromatic N) is 1. The van der Waals surface area contributed by atoms with Gasteiger partial charge in [0.2, 0.25) is 0 Å². The largest absolute Gasteiger partial charge is 0.373 e. The normalized spacial score (nSPS) is 17.2. The van der Waals surface area contributed by atoms with E-state index in [9.17, 15) is 0 Å². The SMILES string of the molecule is Cl.ClCC1=NCCCN1. The van der Waals surface area contributed by atoms with E-state index in [0.717, 1.165) is 25.3 Å². The standard InChI is InChI=1S/C5H9ClN2.ClH/c6-4-5-7-2-1-3-8-5;/h1-4H2,(H,7,8);1H. The van der Waals surface area contributed by atoms with Gasteiger partial charge in [-0.15, -0.1) is 24.0 Å². The second kappa shape index (κ2) is 4.89. The van der Waals surface area contributed by atoms with E-state index in [2.05, 4.69) is 10.3 Å². The summed E-state index contributed by atoms with van der Waals surface area (Å²) in [5.41, 5.74) is 0. The molecule has 0 spiro atoms. The third-order valence-corrected chi connectivity index (χ3v) is 1.35. The molecule has 0 aromatic heterocycles. The smallest absolute Gasteiger partial charge is 0.111 e. The second-order valence-corrected chi connectivity index (χ2v) is 2.01. The van der Waals surface area contributed by atoms with Crippen molar-refractivity contribution in [1.29, 1.82) is 0 Å². The van der Waals surface area contributed by atoms with Crippen LogP contribution in [0.15, 0.2) is 4.99 Å². The van der Waals surface area contributed by atoms with Gasteiger partial charge >= 0.3 is 0 Å². The van der Waals surface area contributed by atoms with Crippen LogP contribution in [0.1, 0.15) is 6.42 Å². The van der Waals surface area contributed by atoms with Gasteiger partial charge in [0.15, 0.2) is 0 Å². The van der Waals surface area contributed by atoms with E-state index in [0.29, 0.717) is 5.88 Å². The van der Waals surface area contributed by atoms with E-state index in [1.54, 1.807) is 0 Å². The van der Waals surface area contributed by atoms with Crippen molar-refractivity contribution >= 4 is 29.8 Å². The molecule has 0 saturated heterocycles. The Kier molecular flexibility index (Phi) is 4.91. The summed E-state index contributed by atoms with van der Waals surface area (Å²) in [6.45, 7) is 1.97. The lowest BCUT2D eigenvalue weighted by Gasteiger charge is -2.10. The summed E-state index contributed by atoms with van der Waals surface area (Å²) < 4.78 is 0. The lowest BCUT2D eigenvalue weighted by Crippen LogP contribution is -2.30. The van der Waals surface area contributed by atoms with Gasteiger partial charge in [0, 0.05) is 13.1 Å². The molecule has 54 valence electrons. The molecule has 0 fully saturated rings. The van der Waals surface area contributed by atoms with Crippen molar-refractivity contribution in [2.75, 3.05) is 19.0 Å². The van der Waals surface area contributed by atoms with Gasteiger partial charge in [-0.25, -0.2) is 0 Å². The Morgan fingerprint density at radius 3 is 2.78 bits per heavy atom. The number of hydrogen-bond acceptors (Lipinski definition) is 2. The molecule has 0 aliphatic carbocycles. The van der Waals surface area contributed by atoms with Gasteiger partial charge in [0.05, 0.1) is 5.88 Å². The second-order valence-electron chi connectivity index (χ2n) is 1.74. The van der Waals surface area contributed by atoms with Gasteiger partial charge in [0.25, 0.3) is 0 Å². The van der Waals surface area contributed by atoms with Crippen LogP contribution in [0.5, 0.6) is 0 Å². The number of aliphatic imine (C=N–C) groups is 1. The molecule has 1 heterocycles. The molecule has 0 saturated carbocycles. The van der Waals surface area contributed by atoms with Crippen LogP contribution in [0.25, 0.3) is 0 Å². The minimum absolute atomic E-state index is 0. The Labute approximate surface area is 66.1 Å². The van der Waals surface area contributed by atoms with Crippen LogP contribution in [0.4, 0.5) is 0 Å².